The third-order valence-corrected chi connectivity index (χ3v) is 2.09. The second-order valence-electron chi connectivity index (χ2n) is 3.15. The zero-order valence-electron chi connectivity index (χ0n) is 13.1. The average Bonchev–Trinajstić information content (AvgIpc) is 2.45. The molecule has 0 N–H and O–H groups in total. The molecule has 20 heavy (non-hydrogen) atoms. The topological polar surface area (TPSA) is 0 Å². The average molecular weight is 348 g/mol. The van der Waals surface area contributed by atoms with Gasteiger partial charge in [-0.1, -0.05) is 95.8 Å². The van der Waals surface area contributed by atoms with Gasteiger partial charge in [-0.3, -0.25) is 0 Å². The minimum Gasteiger partial charge on any atom is -0.358 e. The molecule has 0 nitrogen and oxygen atoms in total. The van der Waals surface area contributed by atoms with Gasteiger partial charge in [0.25, 0.3) is 0 Å². The summed E-state index contributed by atoms with van der Waals surface area (Å²) < 4.78 is 0. The van der Waals surface area contributed by atoms with E-state index in [1.807, 2.05) is 27.7 Å². The van der Waals surface area contributed by atoms with Crippen molar-refractivity contribution in [2.24, 2.45) is 0 Å². The molecule has 0 aliphatic heterocycles. The summed E-state index contributed by atoms with van der Waals surface area (Å²) in [5, 5.41) is 0. The molecule has 2 rings (SSSR count). The molecular formula is C19H31Y-. The van der Waals surface area contributed by atoms with E-state index in [-0.39, 0.29) is 47.6 Å². The van der Waals surface area contributed by atoms with Crippen molar-refractivity contribution >= 4 is 0 Å². The summed E-state index contributed by atoms with van der Waals surface area (Å²) in [6.45, 7) is 8.00. The van der Waals surface area contributed by atoms with Crippen LogP contribution in [0.4, 0.5) is 0 Å². The van der Waals surface area contributed by atoms with Gasteiger partial charge in [0.05, 0.1) is 0 Å². The fraction of sp³-hybridized carbons (Fsp3) is 0.316. The Bertz CT molecular complexity index is 317. The van der Waals surface area contributed by atoms with Gasteiger partial charge in [0.1, 0.15) is 0 Å². The first-order valence-electron chi connectivity index (χ1n) is 6.53. The first-order chi connectivity index (χ1) is 8.45. The Labute approximate surface area is 152 Å². The molecule has 0 saturated carbocycles. The normalized spacial score (nSPS) is 7.00. The number of benzene rings is 2. The van der Waals surface area contributed by atoms with E-state index in [1.54, 1.807) is 0 Å². The zero-order chi connectivity index (χ0) is 12.9. The SMILES string of the molecule is C.CC.CC.[CH3-].[Y].c1ccc(Cc2ccccc2)cc1. The van der Waals surface area contributed by atoms with Crippen LogP contribution in [-0.4, -0.2) is 0 Å². The van der Waals surface area contributed by atoms with Crippen molar-refractivity contribution in [3.8, 4) is 0 Å². The molecule has 1 heteroatoms. The Hall–Kier alpha value is -0.456. The largest absolute Gasteiger partial charge is 0.358 e. The molecule has 0 unspecified atom stereocenters. The summed E-state index contributed by atoms with van der Waals surface area (Å²) in [5.41, 5.74) is 2.74. The van der Waals surface area contributed by atoms with Crippen molar-refractivity contribution in [1.29, 1.82) is 0 Å². The summed E-state index contributed by atoms with van der Waals surface area (Å²) in [6, 6.07) is 21.1. The molecule has 0 spiro atoms. The Kier molecular flexibility index (Phi) is 29.0. The van der Waals surface area contributed by atoms with Gasteiger partial charge in [-0.25, -0.2) is 0 Å². The Balaban J connectivity index is -0.000000169. The Morgan fingerprint density at radius 2 is 0.850 bits per heavy atom. The van der Waals surface area contributed by atoms with E-state index in [1.165, 1.54) is 11.1 Å². The first kappa shape index (κ1) is 27.8. The Morgan fingerprint density at radius 3 is 1.10 bits per heavy atom. The maximum Gasteiger partial charge on any atom is 0 e. The standard InChI is InChI=1S/C13H12.2C2H6.CH4.CH3.Y/c1-3-7-12(8-4-1)11-13-9-5-2-6-10-13;2*1-2;;;/h1-10H,11H2;2*1-2H3;1H4;1H3;/q;;;;-1;. The fourth-order valence-corrected chi connectivity index (χ4v) is 1.43. The van der Waals surface area contributed by atoms with Crippen molar-refractivity contribution in [2.45, 2.75) is 41.5 Å². The number of rotatable bonds is 2. The molecular weight excluding hydrogens is 317 g/mol. The van der Waals surface area contributed by atoms with Crippen molar-refractivity contribution in [1.82, 2.24) is 0 Å². The van der Waals surface area contributed by atoms with Crippen LogP contribution in [0.15, 0.2) is 60.7 Å². The van der Waals surface area contributed by atoms with E-state index >= 15 is 0 Å². The summed E-state index contributed by atoms with van der Waals surface area (Å²) in [6.07, 6.45) is 1.03. The molecule has 0 saturated heterocycles. The van der Waals surface area contributed by atoms with Gasteiger partial charge in [-0.05, 0) is 17.5 Å². The van der Waals surface area contributed by atoms with Crippen molar-refractivity contribution in [3.05, 3.63) is 79.2 Å². The van der Waals surface area contributed by atoms with Gasteiger partial charge in [-0.2, -0.15) is 0 Å². The third-order valence-electron chi connectivity index (χ3n) is 2.09. The van der Waals surface area contributed by atoms with Crippen LogP contribution in [0.2, 0.25) is 0 Å². The predicted octanol–water partition coefficient (Wildman–Crippen LogP) is 6.41. The van der Waals surface area contributed by atoms with Crippen LogP contribution in [0.1, 0.15) is 46.2 Å². The van der Waals surface area contributed by atoms with Crippen molar-refractivity contribution in [3.63, 3.8) is 0 Å². The van der Waals surface area contributed by atoms with Gasteiger partial charge in [0.2, 0.25) is 0 Å². The summed E-state index contributed by atoms with van der Waals surface area (Å²) in [4.78, 5) is 0. The van der Waals surface area contributed by atoms with E-state index in [9.17, 15) is 0 Å². The summed E-state index contributed by atoms with van der Waals surface area (Å²) >= 11 is 0. The van der Waals surface area contributed by atoms with E-state index < -0.39 is 0 Å². The summed E-state index contributed by atoms with van der Waals surface area (Å²) in [5.74, 6) is 0. The second-order valence-corrected chi connectivity index (χ2v) is 3.15. The monoisotopic (exact) mass is 348 g/mol. The van der Waals surface area contributed by atoms with Crippen molar-refractivity contribution in [2.75, 3.05) is 0 Å². The van der Waals surface area contributed by atoms with Gasteiger partial charge < -0.3 is 7.43 Å². The molecule has 1 radical (unpaired) electrons. The van der Waals surface area contributed by atoms with Gasteiger partial charge in [0.15, 0.2) is 0 Å². The van der Waals surface area contributed by atoms with Crippen LogP contribution in [0.5, 0.6) is 0 Å². The minimum absolute atomic E-state index is 0. The smallest absolute Gasteiger partial charge is 0 e. The third kappa shape index (κ3) is 12.6. The Morgan fingerprint density at radius 1 is 0.600 bits per heavy atom. The maximum atomic E-state index is 2.16. The summed E-state index contributed by atoms with van der Waals surface area (Å²) in [7, 11) is 0. The quantitative estimate of drug-likeness (QED) is 0.550. The molecule has 0 aliphatic carbocycles. The zero-order valence-corrected chi connectivity index (χ0v) is 15.9. The van der Waals surface area contributed by atoms with E-state index in [0.717, 1.165) is 6.42 Å². The second kappa shape index (κ2) is 20.9. The molecule has 2 aromatic rings. The molecule has 0 bridgehead atoms. The van der Waals surface area contributed by atoms with Gasteiger partial charge in [-0.15, -0.1) is 0 Å². The maximum absolute atomic E-state index is 2.16. The number of hydrogen-bond acceptors (Lipinski definition) is 0. The number of hydrogen-bond donors (Lipinski definition) is 0. The predicted molar refractivity (Wildman–Crippen MR) is 91.5 cm³/mol. The van der Waals surface area contributed by atoms with Crippen LogP contribution in [-0.2, 0) is 39.1 Å². The van der Waals surface area contributed by atoms with E-state index in [2.05, 4.69) is 60.7 Å². The van der Waals surface area contributed by atoms with Gasteiger partial charge >= 0.3 is 0 Å². The first-order valence-corrected chi connectivity index (χ1v) is 6.53. The minimum atomic E-state index is 0. The van der Waals surface area contributed by atoms with Crippen LogP contribution in [0.3, 0.4) is 0 Å². The molecule has 0 aliphatic rings. The molecule has 0 aromatic heterocycles. The van der Waals surface area contributed by atoms with E-state index in [0.29, 0.717) is 0 Å². The fourth-order valence-electron chi connectivity index (χ4n) is 1.43. The molecule has 2 aromatic carbocycles. The molecule has 111 valence electrons. The molecule has 0 atom stereocenters. The molecule has 0 heterocycles. The van der Waals surface area contributed by atoms with Crippen LogP contribution >= 0.6 is 0 Å². The molecule has 0 amide bonds. The molecule has 0 fully saturated rings. The van der Waals surface area contributed by atoms with Crippen molar-refractivity contribution < 1.29 is 32.7 Å². The van der Waals surface area contributed by atoms with E-state index in [4.69, 9.17) is 0 Å². The van der Waals surface area contributed by atoms with Crippen LogP contribution < -0.4 is 0 Å². The van der Waals surface area contributed by atoms with Gasteiger partial charge in [0, 0.05) is 32.7 Å². The van der Waals surface area contributed by atoms with Crippen LogP contribution in [0, 0.1) is 7.43 Å². The van der Waals surface area contributed by atoms with Crippen LogP contribution in [0.25, 0.3) is 0 Å².